The van der Waals surface area contributed by atoms with Gasteiger partial charge in [-0.2, -0.15) is 0 Å². The molecule has 1 heterocycles. The standard InChI is InChI=1S/C30H59N2/c1-4-7-10-13-15-16-17-18-19-20-22-25-30-31(26-23-12-9-6-3)28-29-32(30)27-24-21-14-11-8-5-2/h28-29H,4-27H2,1-3H3/q+1. The summed E-state index contributed by atoms with van der Waals surface area (Å²) in [5.74, 6) is 1.60. The number of hydrogen-bond donors (Lipinski definition) is 0. The van der Waals surface area contributed by atoms with Crippen molar-refractivity contribution in [1.82, 2.24) is 4.57 Å². The number of imidazole rings is 1. The van der Waals surface area contributed by atoms with Gasteiger partial charge in [0.15, 0.2) is 0 Å². The van der Waals surface area contributed by atoms with Crippen molar-refractivity contribution >= 4 is 0 Å². The molecule has 32 heavy (non-hydrogen) atoms. The summed E-state index contributed by atoms with van der Waals surface area (Å²) in [6, 6.07) is 0. The fourth-order valence-electron chi connectivity index (χ4n) is 4.91. The molecule has 0 unspecified atom stereocenters. The molecule has 0 saturated heterocycles. The van der Waals surface area contributed by atoms with E-state index in [0.717, 1.165) is 0 Å². The van der Waals surface area contributed by atoms with E-state index in [1.54, 1.807) is 5.82 Å². The Morgan fingerprint density at radius 2 is 0.969 bits per heavy atom. The highest BCUT2D eigenvalue weighted by Crippen LogP contribution is 2.13. The van der Waals surface area contributed by atoms with Gasteiger partial charge >= 0.3 is 0 Å². The topological polar surface area (TPSA) is 8.81 Å². The summed E-state index contributed by atoms with van der Waals surface area (Å²) in [6.45, 7) is 9.36. The number of aryl methyl sites for hydroxylation is 2. The molecule has 0 radical (unpaired) electrons. The van der Waals surface area contributed by atoms with Gasteiger partial charge in [-0.15, -0.1) is 0 Å². The van der Waals surface area contributed by atoms with Crippen molar-refractivity contribution in [1.29, 1.82) is 0 Å². The van der Waals surface area contributed by atoms with Crippen molar-refractivity contribution in [2.24, 2.45) is 0 Å². The number of rotatable bonds is 24. The predicted octanol–water partition coefficient (Wildman–Crippen LogP) is 9.57. The number of nitrogens with zero attached hydrogens (tertiary/aromatic N) is 2. The predicted molar refractivity (Wildman–Crippen MR) is 142 cm³/mol. The van der Waals surface area contributed by atoms with Crippen molar-refractivity contribution in [3.8, 4) is 0 Å². The first-order valence-corrected chi connectivity index (χ1v) is 14.9. The van der Waals surface area contributed by atoms with Crippen molar-refractivity contribution in [3.05, 3.63) is 18.2 Å². The first kappa shape index (κ1) is 29.2. The van der Waals surface area contributed by atoms with Crippen LogP contribution in [0.1, 0.15) is 161 Å². The Morgan fingerprint density at radius 1 is 0.531 bits per heavy atom. The third-order valence-corrected chi connectivity index (χ3v) is 7.10. The minimum Gasteiger partial charge on any atom is -0.234 e. The van der Waals surface area contributed by atoms with Crippen LogP contribution in [-0.2, 0) is 19.5 Å². The Balaban J connectivity index is 2.30. The fraction of sp³-hybridized carbons (Fsp3) is 0.900. The second-order valence-corrected chi connectivity index (χ2v) is 10.2. The lowest BCUT2D eigenvalue weighted by Crippen LogP contribution is -2.37. The van der Waals surface area contributed by atoms with Crippen LogP contribution in [0.2, 0.25) is 0 Å². The molecule has 0 saturated carbocycles. The first-order valence-electron chi connectivity index (χ1n) is 14.9. The van der Waals surface area contributed by atoms with E-state index < -0.39 is 0 Å². The molecule has 2 heteroatoms. The Hall–Kier alpha value is -0.790. The summed E-state index contributed by atoms with van der Waals surface area (Å²) in [5, 5.41) is 0. The molecule has 0 N–H and O–H groups in total. The largest absolute Gasteiger partial charge is 0.256 e. The maximum Gasteiger partial charge on any atom is 0.256 e. The third-order valence-electron chi connectivity index (χ3n) is 7.10. The normalized spacial score (nSPS) is 11.5. The number of aromatic nitrogens is 2. The molecule has 188 valence electrons. The molecule has 0 aromatic carbocycles. The fourth-order valence-corrected chi connectivity index (χ4v) is 4.91. The van der Waals surface area contributed by atoms with Crippen LogP contribution in [0.25, 0.3) is 0 Å². The summed E-state index contributed by atoms with van der Waals surface area (Å²) < 4.78 is 5.18. The van der Waals surface area contributed by atoms with Crippen LogP contribution in [0.4, 0.5) is 0 Å². The van der Waals surface area contributed by atoms with Crippen LogP contribution in [0, 0.1) is 0 Å². The molecule has 1 aromatic rings. The van der Waals surface area contributed by atoms with Gasteiger partial charge in [-0.05, 0) is 32.1 Å². The molecule has 0 aliphatic carbocycles. The van der Waals surface area contributed by atoms with Gasteiger partial charge in [0.1, 0.15) is 12.4 Å². The van der Waals surface area contributed by atoms with Gasteiger partial charge in [0, 0.05) is 6.42 Å². The van der Waals surface area contributed by atoms with Crippen LogP contribution in [0.3, 0.4) is 0 Å². The average Bonchev–Trinajstić information content (AvgIpc) is 3.19. The van der Waals surface area contributed by atoms with Gasteiger partial charge in [0.05, 0.1) is 13.1 Å². The van der Waals surface area contributed by atoms with Crippen LogP contribution in [-0.4, -0.2) is 4.57 Å². The van der Waals surface area contributed by atoms with E-state index in [9.17, 15) is 0 Å². The molecule has 1 rings (SSSR count). The van der Waals surface area contributed by atoms with Crippen LogP contribution >= 0.6 is 0 Å². The van der Waals surface area contributed by atoms with E-state index in [0.29, 0.717) is 0 Å². The van der Waals surface area contributed by atoms with Crippen molar-refractivity contribution in [2.45, 2.75) is 175 Å². The molecule has 0 fully saturated rings. The maximum atomic E-state index is 2.59. The van der Waals surface area contributed by atoms with Gasteiger partial charge in [-0.1, -0.05) is 124 Å². The van der Waals surface area contributed by atoms with E-state index in [2.05, 4.69) is 42.3 Å². The van der Waals surface area contributed by atoms with E-state index >= 15 is 0 Å². The zero-order valence-electron chi connectivity index (χ0n) is 22.5. The van der Waals surface area contributed by atoms with Gasteiger partial charge in [0.2, 0.25) is 0 Å². The zero-order chi connectivity index (χ0) is 23.1. The van der Waals surface area contributed by atoms with Crippen LogP contribution in [0.5, 0.6) is 0 Å². The van der Waals surface area contributed by atoms with E-state index in [-0.39, 0.29) is 0 Å². The van der Waals surface area contributed by atoms with E-state index in [1.165, 1.54) is 154 Å². The lowest BCUT2D eigenvalue weighted by Gasteiger charge is -2.07. The van der Waals surface area contributed by atoms with Gasteiger partial charge in [-0.25, -0.2) is 9.13 Å². The van der Waals surface area contributed by atoms with Gasteiger partial charge < -0.3 is 0 Å². The second kappa shape index (κ2) is 22.0. The molecule has 0 aliphatic rings. The molecular formula is C30H59N2+. The van der Waals surface area contributed by atoms with Crippen molar-refractivity contribution in [3.63, 3.8) is 0 Å². The highest BCUT2D eigenvalue weighted by atomic mass is 15.1. The van der Waals surface area contributed by atoms with Crippen LogP contribution in [0.15, 0.2) is 12.4 Å². The van der Waals surface area contributed by atoms with Crippen molar-refractivity contribution in [2.75, 3.05) is 0 Å². The zero-order valence-corrected chi connectivity index (χ0v) is 22.5. The first-order chi connectivity index (χ1) is 15.8. The highest BCUT2D eigenvalue weighted by Gasteiger charge is 2.16. The molecule has 1 aromatic heterocycles. The summed E-state index contributed by atoms with van der Waals surface area (Å²) in [7, 11) is 0. The van der Waals surface area contributed by atoms with Crippen LogP contribution < -0.4 is 4.57 Å². The maximum absolute atomic E-state index is 2.59. The highest BCUT2D eigenvalue weighted by molar-refractivity contribution is 4.84. The van der Waals surface area contributed by atoms with Crippen molar-refractivity contribution < 1.29 is 4.57 Å². The lowest BCUT2D eigenvalue weighted by atomic mass is 10.1. The Morgan fingerprint density at radius 3 is 1.50 bits per heavy atom. The van der Waals surface area contributed by atoms with E-state index in [4.69, 9.17) is 0 Å². The van der Waals surface area contributed by atoms with E-state index in [1.807, 2.05) is 0 Å². The summed E-state index contributed by atoms with van der Waals surface area (Å²) in [6.07, 6.45) is 35.5. The monoisotopic (exact) mass is 447 g/mol. The Kier molecular flexibility index (Phi) is 20.1. The SMILES string of the molecule is CCCCCCCCCCCCCc1n(CCCCCC)cc[n+]1CCCCCCCC. The molecule has 2 nitrogen and oxygen atoms in total. The molecule has 0 atom stereocenters. The summed E-state index contributed by atoms with van der Waals surface area (Å²) >= 11 is 0. The second-order valence-electron chi connectivity index (χ2n) is 10.2. The van der Waals surface area contributed by atoms with Gasteiger partial charge in [-0.3, -0.25) is 0 Å². The van der Waals surface area contributed by atoms with Gasteiger partial charge in [0.25, 0.3) is 5.82 Å². The average molecular weight is 448 g/mol. The smallest absolute Gasteiger partial charge is 0.234 e. The summed E-state index contributed by atoms with van der Waals surface area (Å²) in [4.78, 5) is 0. The Labute approximate surface area is 202 Å². The third kappa shape index (κ3) is 15.1. The Bertz CT molecular complexity index is 505. The summed E-state index contributed by atoms with van der Waals surface area (Å²) in [5.41, 5.74) is 0. The molecule has 0 aliphatic heterocycles. The molecule has 0 spiro atoms. The number of hydrogen-bond acceptors (Lipinski definition) is 0. The number of unbranched alkanes of at least 4 members (excludes halogenated alkanes) is 18. The molecule has 0 bridgehead atoms. The lowest BCUT2D eigenvalue weighted by molar-refractivity contribution is -0.704. The molecule has 0 amide bonds. The minimum atomic E-state index is 1.22. The quantitative estimate of drug-likeness (QED) is 0.110. The molecular weight excluding hydrogens is 388 g/mol. The minimum absolute atomic E-state index is 1.22.